The van der Waals surface area contributed by atoms with Crippen molar-refractivity contribution in [1.29, 1.82) is 0 Å². The molecule has 2 aromatic rings. The molecule has 1 aromatic heterocycles. The summed E-state index contributed by atoms with van der Waals surface area (Å²) in [6.07, 6.45) is 0.872. The maximum absolute atomic E-state index is 13.5. The van der Waals surface area contributed by atoms with Crippen LogP contribution < -0.4 is 5.73 Å². The van der Waals surface area contributed by atoms with E-state index in [2.05, 4.69) is 10.1 Å². The van der Waals surface area contributed by atoms with Crippen LogP contribution in [0.1, 0.15) is 43.6 Å². The summed E-state index contributed by atoms with van der Waals surface area (Å²) in [6.45, 7) is 4.09. The van der Waals surface area contributed by atoms with Gasteiger partial charge in [-0.3, -0.25) is 0 Å². The van der Waals surface area contributed by atoms with Crippen LogP contribution in [0.3, 0.4) is 0 Å². The lowest BCUT2D eigenvalue weighted by molar-refractivity contribution is 0.332. The molecule has 2 N–H and O–H groups in total. The van der Waals surface area contributed by atoms with Crippen molar-refractivity contribution in [2.75, 3.05) is 0 Å². The molecule has 0 saturated carbocycles. The third-order valence-corrected chi connectivity index (χ3v) is 2.89. The Morgan fingerprint density at radius 2 is 2.05 bits per heavy atom. The van der Waals surface area contributed by atoms with E-state index < -0.39 is 11.6 Å². The van der Waals surface area contributed by atoms with Gasteiger partial charge in [0, 0.05) is 12.5 Å². The highest BCUT2D eigenvalue weighted by molar-refractivity contribution is 5.21. The van der Waals surface area contributed by atoms with Gasteiger partial charge in [-0.1, -0.05) is 25.1 Å². The lowest BCUT2D eigenvalue weighted by Gasteiger charge is -2.08. The van der Waals surface area contributed by atoms with Crippen molar-refractivity contribution in [3.8, 4) is 0 Å². The lowest BCUT2D eigenvalue weighted by Crippen LogP contribution is -2.13. The second kappa shape index (κ2) is 6.09. The van der Waals surface area contributed by atoms with Crippen LogP contribution in [0.15, 0.2) is 22.7 Å². The average molecular weight is 281 g/mol. The van der Waals surface area contributed by atoms with E-state index >= 15 is 0 Å². The van der Waals surface area contributed by atoms with E-state index in [4.69, 9.17) is 10.3 Å². The minimum absolute atomic E-state index is 0.143. The van der Waals surface area contributed by atoms with Crippen molar-refractivity contribution in [2.24, 2.45) is 11.7 Å². The quantitative estimate of drug-likeness (QED) is 0.915. The molecule has 0 saturated heterocycles. The Morgan fingerprint density at radius 3 is 2.70 bits per heavy atom. The zero-order valence-corrected chi connectivity index (χ0v) is 11.4. The number of benzene rings is 1. The van der Waals surface area contributed by atoms with Gasteiger partial charge in [0.1, 0.15) is 11.6 Å². The van der Waals surface area contributed by atoms with Gasteiger partial charge in [0.05, 0.1) is 6.04 Å². The largest absolute Gasteiger partial charge is 0.338 e. The van der Waals surface area contributed by atoms with E-state index in [1.165, 1.54) is 12.1 Å². The van der Waals surface area contributed by atoms with E-state index in [-0.39, 0.29) is 12.5 Å². The van der Waals surface area contributed by atoms with Crippen LogP contribution >= 0.6 is 0 Å². The zero-order valence-electron chi connectivity index (χ0n) is 11.4. The van der Waals surface area contributed by atoms with Gasteiger partial charge in [-0.05, 0) is 24.0 Å². The van der Waals surface area contributed by atoms with E-state index in [0.717, 1.165) is 12.5 Å². The Balaban J connectivity index is 2.09. The molecule has 1 atom stereocenters. The lowest BCUT2D eigenvalue weighted by atomic mass is 10.0. The molecule has 6 heteroatoms. The van der Waals surface area contributed by atoms with Crippen LogP contribution in [0, 0.1) is 17.6 Å². The minimum atomic E-state index is -0.622. The van der Waals surface area contributed by atoms with Crippen LogP contribution in [-0.4, -0.2) is 10.1 Å². The number of nitrogens with two attached hydrogens (primary N) is 1. The molecule has 0 aliphatic rings. The first kappa shape index (κ1) is 14.6. The van der Waals surface area contributed by atoms with Crippen LogP contribution in [0.2, 0.25) is 0 Å². The minimum Gasteiger partial charge on any atom is -0.338 e. The van der Waals surface area contributed by atoms with E-state index in [1.807, 2.05) is 13.8 Å². The molecule has 4 nitrogen and oxygen atoms in total. The van der Waals surface area contributed by atoms with Gasteiger partial charge in [-0.2, -0.15) is 4.98 Å². The van der Waals surface area contributed by atoms with Gasteiger partial charge in [0.2, 0.25) is 5.89 Å². The molecule has 20 heavy (non-hydrogen) atoms. The summed E-state index contributed by atoms with van der Waals surface area (Å²) < 4.78 is 31.4. The van der Waals surface area contributed by atoms with Gasteiger partial charge in [-0.25, -0.2) is 8.78 Å². The normalized spacial score (nSPS) is 12.9. The highest BCUT2D eigenvalue weighted by Crippen LogP contribution is 2.18. The summed E-state index contributed by atoms with van der Waals surface area (Å²) in [5, 5.41) is 3.78. The number of nitrogens with zero attached hydrogens (tertiary/aromatic N) is 2. The smallest absolute Gasteiger partial charge is 0.243 e. The molecule has 0 aliphatic carbocycles. The molecule has 0 bridgehead atoms. The predicted molar refractivity (Wildman–Crippen MR) is 69.8 cm³/mol. The molecule has 0 fully saturated rings. The maximum Gasteiger partial charge on any atom is 0.243 e. The Kier molecular flexibility index (Phi) is 4.44. The second-order valence-electron chi connectivity index (χ2n) is 5.20. The topological polar surface area (TPSA) is 64.9 Å². The predicted octanol–water partition coefficient (Wildman–Crippen LogP) is 2.98. The van der Waals surface area contributed by atoms with Gasteiger partial charge in [0.15, 0.2) is 5.82 Å². The molecular weight excluding hydrogens is 264 g/mol. The first-order valence-electron chi connectivity index (χ1n) is 6.47. The molecule has 0 radical (unpaired) electrons. The molecule has 0 spiro atoms. The molecule has 2 rings (SSSR count). The van der Waals surface area contributed by atoms with Crippen molar-refractivity contribution in [2.45, 2.75) is 32.7 Å². The van der Waals surface area contributed by atoms with Crippen molar-refractivity contribution in [1.82, 2.24) is 10.1 Å². The van der Waals surface area contributed by atoms with Gasteiger partial charge in [-0.15, -0.1) is 0 Å². The van der Waals surface area contributed by atoms with Crippen LogP contribution in [0.5, 0.6) is 0 Å². The van der Waals surface area contributed by atoms with E-state index in [1.54, 1.807) is 0 Å². The fourth-order valence-corrected chi connectivity index (χ4v) is 1.93. The van der Waals surface area contributed by atoms with Gasteiger partial charge < -0.3 is 10.3 Å². The summed E-state index contributed by atoms with van der Waals surface area (Å²) in [5.41, 5.74) is 6.25. The van der Waals surface area contributed by atoms with Crippen molar-refractivity contribution < 1.29 is 13.3 Å². The standard InChI is InChI=1S/C14H17F2N3O/c1-8(2)5-12(17)14-18-13(19-20-14)6-9-3-4-10(15)7-11(9)16/h3-4,7-8,12H,5-6,17H2,1-2H3. The molecule has 108 valence electrons. The maximum atomic E-state index is 13.5. The highest BCUT2D eigenvalue weighted by atomic mass is 19.1. The Morgan fingerprint density at radius 1 is 1.30 bits per heavy atom. The van der Waals surface area contributed by atoms with E-state index in [0.29, 0.717) is 23.2 Å². The van der Waals surface area contributed by atoms with Crippen molar-refractivity contribution in [3.05, 3.63) is 47.1 Å². The Hall–Kier alpha value is -1.82. The third kappa shape index (κ3) is 3.60. The average Bonchev–Trinajstić information content (AvgIpc) is 2.80. The summed E-state index contributed by atoms with van der Waals surface area (Å²) in [4.78, 5) is 4.16. The highest BCUT2D eigenvalue weighted by Gasteiger charge is 2.17. The van der Waals surface area contributed by atoms with Gasteiger partial charge in [0.25, 0.3) is 0 Å². The molecule has 0 amide bonds. The van der Waals surface area contributed by atoms with Crippen LogP contribution in [0.4, 0.5) is 8.78 Å². The Labute approximate surface area is 116 Å². The SMILES string of the molecule is CC(C)CC(N)c1nc(Cc2ccc(F)cc2F)no1. The summed E-state index contributed by atoms with van der Waals surface area (Å²) in [6, 6.07) is 3.08. The first-order chi connectivity index (χ1) is 9.45. The first-order valence-corrected chi connectivity index (χ1v) is 6.47. The fraction of sp³-hybridized carbons (Fsp3) is 0.429. The Bertz CT molecular complexity index is 584. The number of hydrogen-bond donors (Lipinski definition) is 1. The monoisotopic (exact) mass is 281 g/mol. The molecule has 1 unspecified atom stereocenters. The van der Waals surface area contributed by atoms with Crippen LogP contribution in [-0.2, 0) is 6.42 Å². The number of halogens is 2. The summed E-state index contributed by atoms with van der Waals surface area (Å²) in [5.74, 6) is -0.141. The van der Waals surface area contributed by atoms with Crippen molar-refractivity contribution >= 4 is 0 Å². The summed E-state index contributed by atoms with van der Waals surface area (Å²) in [7, 11) is 0. The molecule has 0 aliphatic heterocycles. The fourth-order valence-electron chi connectivity index (χ4n) is 1.93. The number of aromatic nitrogens is 2. The zero-order chi connectivity index (χ0) is 14.7. The number of hydrogen-bond acceptors (Lipinski definition) is 4. The molecule has 1 aromatic carbocycles. The van der Waals surface area contributed by atoms with E-state index in [9.17, 15) is 8.78 Å². The van der Waals surface area contributed by atoms with Gasteiger partial charge >= 0.3 is 0 Å². The summed E-state index contributed by atoms with van der Waals surface area (Å²) >= 11 is 0. The molecule has 1 heterocycles. The second-order valence-corrected chi connectivity index (χ2v) is 5.20. The number of rotatable bonds is 5. The molecular formula is C14H17F2N3O. The van der Waals surface area contributed by atoms with Crippen molar-refractivity contribution in [3.63, 3.8) is 0 Å². The van der Waals surface area contributed by atoms with Crippen LogP contribution in [0.25, 0.3) is 0 Å². The third-order valence-electron chi connectivity index (χ3n) is 2.89.